The summed E-state index contributed by atoms with van der Waals surface area (Å²) in [6.45, 7) is 6.44. The van der Waals surface area contributed by atoms with E-state index >= 15 is 0 Å². The van der Waals surface area contributed by atoms with Gasteiger partial charge in [0, 0.05) is 75.5 Å². The number of carbonyl (C=O) groups is 4. The van der Waals surface area contributed by atoms with Gasteiger partial charge in [-0.1, -0.05) is 32.0 Å². The van der Waals surface area contributed by atoms with Crippen LogP contribution in [0.25, 0.3) is 10.1 Å². The maximum atomic E-state index is 13.9. The first-order valence-corrected chi connectivity index (χ1v) is 20.3. The van der Waals surface area contributed by atoms with Gasteiger partial charge in [-0.25, -0.2) is 0 Å². The van der Waals surface area contributed by atoms with Crippen molar-refractivity contribution in [1.82, 2.24) is 15.2 Å². The number of hydrogen-bond acceptors (Lipinski definition) is 9. The molecule has 0 aliphatic carbocycles. The number of amides is 4. The molecule has 0 unspecified atom stereocenters. The predicted octanol–water partition coefficient (Wildman–Crippen LogP) is 6.32. The molecule has 304 valence electrons. The van der Waals surface area contributed by atoms with E-state index in [0.29, 0.717) is 58.5 Å². The molecule has 0 saturated heterocycles. The lowest BCUT2D eigenvalue weighted by molar-refractivity contribution is -0.116. The topological polar surface area (TPSA) is 137 Å². The van der Waals surface area contributed by atoms with Crippen LogP contribution < -0.4 is 40.1 Å². The first kappa shape index (κ1) is 40.3. The van der Waals surface area contributed by atoms with Gasteiger partial charge in [0.25, 0.3) is 17.7 Å². The largest absolute Gasteiger partial charge is 0.493 e. The maximum absolute atomic E-state index is 13.9. The average Bonchev–Trinajstić information content (AvgIpc) is 3.89. The van der Waals surface area contributed by atoms with E-state index < -0.39 is 0 Å². The number of benzene rings is 3. The third kappa shape index (κ3) is 8.25. The number of carbonyl (C=O) groups excluding carboxylic acids is 4. The number of rotatable bonds is 14. The van der Waals surface area contributed by atoms with Gasteiger partial charge in [0.2, 0.25) is 5.91 Å². The van der Waals surface area contributed by atoms with Crippen LogP contribution in [0.15, 0.2) is 72.9 Å². The number of hydrogen-bond donors (Lipinski definition) is 3. The van der Waals surface area contributed by atoms with E-state index in [0.717, 1.165) is 34.4 Å². The van der Waals surface area contributed by atoms with Gasteiger partial charge in [-0.3, -0.25) is 19.2 Å². The number of aryl methyl sites for hydroxylation is 1. The summed E-state index contributed by atoms with van der Waals surface area (Å²) in [5.74, 6) is 0.308. The minimum absolute atomic E-state index is 0.0275. The number of nitrogens with zero attached hydrogens (tertiary/aromatic N) is 4. The van der Waals surface area contributed by atoms with E-state index in [1.807, 2.05) is 67.5 Å². The first-order valence-electron chi connectivity index (χ1n) is 19.4. The summed E-state index contributed by atoms with van der Waals surface area (Å²) < 4.78 is 14.4. The zero-order chi connectivity index (χ0) is 41.3. The zero-order valence-electron chi connectivity index (χ0n) is 34.1. The highest BCUT2D eigenvalue weighted by molar-refractivity contribution is 7.20. The number of likely N-dealkylation sites (N-methyl/N-ethyl adjacent to an activating group) is 1. The summed E-state index contributed by atoms with van der Waals surface area (Å²) in [6, 6.07) is 20.9. The maximum Gasteiger partial charge on any atom is 0.274 e. The fraction of sp³-hybridized carbons (Fsp3) is 0.364. The van der Waals surface area contributed by atoms with Crippen molar-refractivity contribution in [2.45, 2.75) is 39.2 Å². The van der Waals surface area contributed by atoms with Gasteiger partial charge < -0.3 is 44.7 Å². The molecule has 0 bridgehead atoms. The average molecular weight is 806 g/mol. The highest BCUT2D eigenvalue weighted by Crippen LogP contribution is 2.42. The second-order valence-corrected chi connectivity index (χ2v) is 16.9. The van der Waals surface area contributed by atoms with E-state index in [2.05, 4.69) is 40.8 Å². The number of para-hydroxylation sites is 1. The van der Waals surface area contributed by atoms with Gasteiger partial charge >= 0.3 is 0 Å². The molecule has 7 rings (SSSR count). The molecular weight excluding hydrogens is 755 g/mol. The smallest absolute Gasteiger partial charge is 0.274 e. The lowest BCUT2D eigenvalue weighted by Gasteiger charge is -2.25. The van der Waals surface area contributed by atoms with Crippen molar-refractivity contribution in [1.29, 1.82) is 0 Å². The Kier molecular flexibility index (Phi) is 11.5. The molecule has 58 heavy (non-hydrogen) atoms. The van der Waals surface area contributed by atoms with Crippen molar-refractivity contribution >= 4 is 67.8 Å². The van der Waals surface area contributed by atoms with Gasteiger partial charge in [0.05, 0.1) is 41.6 Å². The molecule has 0 spiro atoms. The van der Waals surface area contributed by atoms with Crippen molar-refractivity contribution in [3.8, 4) is 11.5 Å². The molecule has 5 aromatic rings. The summed E-state index contributed by atoms with van der Waals surface area (Å²) in [5, 5.41) is 9.98. The number of methoxy groups -OCH3 is 1. The fourth-order valence-electron chi connectivity index (χ4n) is 7.81. The van der Waals surface area contributed by atoms with Crippen molar-refractivity contribution < 1.29 is 28.7 Å². The standard InChI is InChI=1S/C44H51N7O6S/c1-44(2,25-45-3)26-46-41(53)39-19-28-18-30(14-15-38(28)58-39)50(6)43(55)35-20-29(23-48(35)4)47-40(52)13-10-16-57-37-22-34-32(21-36(37)56-7)42(54)51-31(24-49(34)5)17-27-11-8-9-12-33(27)51/h8-9,11-12,14-15,18-23,31,45H,10,13,16-17,24-26H2,1-7H3,(H,46,53)(H,47,52)/t31-/m0/s1. The van der Waals surface area contributed by atoms with Crippen LogP contribution in [-0.2, 0) is 18.3 Å². The Morgan fingerprint density at radius 1 is 0.983 bits per heavy atom. The number of nitrogens with one attached hydrogen (secondary N) is 3. The Hall–Kier alpha value is -5.86. The molecule has 1 atom stereocenters. The van der Waals surface area contributed by atoms with Crippen LogP contribution >= 0.6 is 11.3 Å². The highest BCUT2D eigenvalue weighted by atomic mass is 32.1. The lowest BCUT2D eigenvalue weighted by atomic mass is 9.93. The number of anilines is 4. The first-order chi connectivity index (χ1) is 27.8. The molecule has 13 nitrogen and oxygen atoms in total. The van der Waals surface area contributed by atoms with Crippen LogP contribution in [0.4, 0.5) is 22.7 Å². The molecule has 3 N–H and O–H groups in total. The number of thiophene rings is 1. The van der Waals surface area contributed by atoms with Crippen LogP contribution in [0, 0.1) is 5.41 Å². The summed E-state index contributed by atoms with van der Waals surface area (Å²) in [4.78, 5) is 59.7. The van der Waals surface area contributed by atoms with E-state index in [9.17, 15) is 19.2 Å². The molecule has 2 aromatic heterocycles. The molecule has 0 fully saturated rings. The van der Waals surface area contributed by atoms with Gasteiger partial charge in [-0.15, -0.1) is 11.3 Å². The van der Waals surface area contributed by atoms with Crippen LogP contribution in [-0.4, -0.2) is 88.7 Å². The Morgan fingerprint density at radius 2 is 1.78 bits per heavy atom. The normalized spacial score (nSPS) is 14.7. The minimum Gasteiger partial charge on any atom is -0.493 e. The summed E-state index contributed by atoms with van der Waals surface area (Å²) >= 11 is 1.42. The van der Waals surface area contributed by atoms with E-state index in [-0.39, 0.29) is 48.1 Å². The van der Waals surface area contributed by atoms with Gasteiger partial charge in [0.1, 0.15) is 5.69 Å². The Labute approximate surface area is 342 Å². The molecule has 4 heterocycles. The Balaban J connectivity index is 0.935. The van der Waals surface area contributed by atoms with Gasteiger partial charge in [-0.2, -0.15) is 0 Å². The third-order valence-electron chi connectivity index (χ3n) is 10.8. The lowest BCUT2D eigenvalue weighted by Crippen LogP contribution is -2.41. The molecule has 0 radical (unpaired) electrons. The molecule has 4 amide bonds. The summed E-state index contributed by atoms with van der Waals surface area (Å²) in [7, 11) is 8.89. The van der Waals surface area contributed by atoms with Gasteiger partial charge in [0.15, 0.2) is 11.5 Å². The highest BCUT2D eigenvalue weighted by Gasteiger charge is 2.39. The van der Waals surface area contributed by atoms with Crippen molar-refractivity contribution in [2.75, 3.05) is 74.5 Å². The van der Waals surface area contributed by atoms with Crippen LogP contribution in [0.3, 0.4) is 0 Å². The predicted molar refractivity (Wildman–Crippen MR) is 230 cm³/mol. The van der Waals surface area contributed by atoms with Crippen molar-refractivity contribution in [2.24, 2.45) is 12.5 Å². The minimum atomic E-state index is -0.247. The molecular formula is C44H51N7O6S. The molecule has 2 aliphatic heterocycles. The zero-order valence-corrected chi connectivity index (χ0v) is 34.9. The van der Waals surface area contributed by atoms with Crippen LogP contribution in [0.5, 0.6) is 11.5 Å². The monoisotopic (exact) mass is 805 g/mol. The van der Waals surface area contributed by atoms with Crippen molar-refractivity contribution in [3.05, 3.63) is 94.6 Å². The summed E-state index contributed by atoms with van der Waals surface area (Å²) in [5.41, 5.74) is 4.95. The van der Waals surface area contributed by atoms with E-state index in [1.165, 1.54) is 16.9 Å². The number of ether oxygens (including phenoxy) is 2. The third-order valence-corrected chi connectivity index (χ3v) is 11.9. The molecule has 0 saturated carbocycles. The quantitative estimate of drug-likeness (QED) is 0.111. The molecule has 14 heteroatoms. The van der Waals surface area contributed by atoms with Crippen molar-refractivity contribution in [3.63, 3.8) is 0 Å². The van der Waals surface area contributed by atoms with Gasteiger partial charge in [-0.05, 0) is 78.7 Å². The second kappa shape index (κ2) is 16.5. The van der Waals surface area contributed by atoms with Crippen LogP contribution in [0.1, 0.15) is 62.8 Å². The molecule has 3 aromatic carbocycles. The van der Waals surface area contributed by atoms with E-state index in [4.69, 9.17) is 9.47 Å². The number of aromatic nitrogens is 1. The molecule has 2 aliphatic rings. The van der Waals surface area contributed by atoms with Crippen LogP contribution in [0.2, 0.25) is 0 Å². The number of fused-ring (bicyclic) bond motifs is 5. The van der Waals surface area contributed by atoms with E-state index in [1.54, 1.807) is 49.0 Å². The Bertz CT molecular complexity index is 2380. The summed E-state index contributed by atoms with van der Waals surface area (Å²) in [6.07, 6.45) is 3.13. The fourth-order valence-corrected chi connectivity index (χ4v) is 8.77. The SMILES string of the molecule is CNCC(C)(C)CNC(=O)c1cc2cc(N(C)C(=O)c3cc(NC(=O)CCCOc4cc5c(cc4OC)C(=O)N4c6ccccc6C[C@H]4CN5C)cn3C)ccc2s1. The Morgan fingerprint density at radius 3 is 2.55 bits per heavy atom. The second-order valence-electron chi connectivity index (χ2n) is 15.9.